The second-order valence-electron chi connectivity index (χ2n) is 4.44. The van der Waals surface area contributed by atoms with Gasteiger partial charge < -0.3 is 4.74 Å². The lowest BCUT2D eigenvalue weighted by Crippen LogP contribution is -2.36. The molecule has 0 amide bonds. The molecular weight excluding hydrogens is 323 g/mol. The maximum absolute atomic E-state index is 12.5. The van der Waals surface area contributed by atoms with Gasteiger partial charge >= 0.3 is 12.1 Å². The fraction of sp³-hybridized carbons (Fsp3) is 0.462. The first-order chi connectivity index (χ1) is 10.1. The van der Waals surface area contributed by atoms with Gasteiger partial charge in [0.1, 0.15) is 6.54 Å². The van der Waals surface area contributed by atoms with Gasteiger partial charge in [-0.2, -0.15) is 17.5 Å². The number of hydrogen-bond donors (Lipinski definition) is 0. The number of rotatable bonds is 6. The molecule has 1 aromatic carbocycles. The van der Waals surface area contributed by atoms with E-state index in [-0.39, 0.29) is 11.4 Å². The van der Waals surface area contributed by atoms with Crippen molar-refractivity contribution in [2.24, 2.45) is 0 Å². The molecule has 0 aromatic heterocycles. The quantitative estimate of drug-likeness (QED) is 0.746. The summed E-state index contributed by atoms with van der Waals surface area (Å²) in [5.41, 5.74) is -0.943. The van der Waals surface area contributed by atoms with Crippen LogP contribution in [0.3, 0.4) is 0 Å². The number of sulfonamides is 1. The van der Waals surface area contributed by atoms with Crippen LogP contribution >= 0.6 is 0 Å². The molecule has 0 aliphatic carbocycles. The van der Waals surface area contributed by atoms with E-state index in [0.717, 1.165) is 23.5 Å². The second-order valence-corrected chi connectivity index (χ2v) is 6.37. The van der Waals surface area contributed by atoms with E-state index in [0.29, 0.717) is 18.6 Å². The molecule has 0 atom stereocenters. The van der Waals surface area contributed by atoms with Crippen molar-refractivity contribution in [2.45, 2.75) is 24.4 Å². The normalized spacial score (nSPS) is 12.5. The van der Waals surface area contributed by atoms with E-state index in [2.05, 4.69) is 4.74 Å². The number of esters is 1. The highest BCUT2D eigenvalue weighted by Gasteiger charge is 2.32. The van der Waals surface area contributed by atoms with Crippen molar-refractivity contribution in [1.82, 2.24) is 4.31 Å². The third kappa shape index (κ3) is 4.44. The van der Waals surface area contributed by atoms with Crippen LogP contribution in [0.1, 0.15) is 18.9 Å². The number of methoxy groups -OCH3 is 1. The molecule has 9 heteroatoms. The van der Waals surface area contributed by atoms with Crippen molar-refractivity contribution in [3.8, 4) is 0 Å². The molecule has 0 unspecified atom stereocenters. The van der Waals surface area contributed by atoms with Crippen LogP contribution in [-0.2, 0) is 25.7 Å². The summed E-state index contributed by atoms with van der Waals surface area (Å²) in [6.45, 7) is 1.28. The lowest BCUT2D eigenvalue weighted by atomic mass is 10.2. The maximum atomic E-state index is 12.5. The molecule has 5 nitrogen and oxygen atoms in total. The Kier molecular flexibility index (Phi) is 5.95. The molecule has 0 bridgehead atoms. The third-order valence-electron chi connectivity index (χ3n) is 2.83. The fourth-order valence-electron chi connectivity index (χ4n) is 1.71. The number of carbonyl (C=O) groups is 1. The Hall–Kier alpha value is -1.61. The molecule has 0 aliphatic heterocycles. The summed E-state index contributed by atoms with van der Waals surface area (Å²) in [5, 5.41) is 0. The lowest BCUT2D eigenvalue weighted by Gasteiger charge is -2.20. The van der Waals surface area contributed by atoms with Crippen LogP contribution < -0.4 is 0 Å². The summed E-state index contributed by atoms with van der Waals surface area (Å²) in [6.07, 6.45) is -4.10. The summed E-state index contributed by atoms with van der Waals surface area (Å²) in [6, 6.07) is 3.13. The van der Waals surface area contributed by atoms with Gasteiger partial charge in [-0.05, 0) is 30.7 Å². The third-order valence-corrected chi connectivity index (χ3v) is 4.68. The van der Waals surface area contributed by atoms with E-state index in [4.69, 9.17) is 0 Å². The smallest absolute Gasteiger partial charge is 0.416 e. The van der Waals surface area contributed by atoms with Gasteiger partial charge in [0.2, 0.25) is 10.0 Å². The van der Waals surface area contributed by atoms with Gasteiger partial charge in [-0.15, -0.1) is 0 Å². The van der Waals surface area contributed by atoms with E-state index in [1.807, 2.05) is 0 Å². The molecular formula is C13H16F3NO4S. The van der Waals surface area contributed by atoms with Crippen LogP contribution in [0.25, 0.3) is 0 Å². The average Bonchev–Trinajstić information content (AvgIpc) is 2.45. The van der Waals surface area contributed by atoms with E-state index in [1.165, 1.54) is 0 Å². The molecule has 0 N–H and O–H groups in total. The zero-order chi connectivity index (χ0) is 17.0. The van der Waals surface area contributed by atoms with Crippen LogP contribution in [0, 0.1) is 0 Å². The van der Waals surface area contributed by atoms with E-state index >= 15 is 0 Å². The van der Waals surface area contributed by atoms with Gasteiger partial charge in [0.25, 0.3) is 0 Å². The van der Waals surface area contributed by atoms with Crippen LogP contribution in [-0.4, -0.2) is 38.9 Å². The van der Waals surface area contributed by atoms with Gasteiger partial charge in [0.05, 0.1) is 17.6 Å². The van der Waals surface area contributed by atoms with Crippen molar-refractivity contribution >= 4 is 16.0 Å². The van der Waals surface area contributed by atoms with E-state index in [1.54, 1.807) is 6.92 Å². The number of nitrogens with zero attached hydrogens (tertiary/aromatic N) is 1. The summed E-state index contributed by atoms with van der Waals surface area (Å²) >= 11 is 0. The first-order valence-corrected chi connectivity index (χ1v) is 7.81. The monoisotopic (exact) mass is 339 g/mol. The highest BCUT2D eigenvalue weighted by atomic mass is 32.2. The molecule has 0 heterocycles. The Labute approximate surface area is 126 Å². The molecule has 0 spiro atoms. The molecule has 0 saturated carbocycles. The standard InChI is InChI=1S/C13H16F3NO4S/c1-3-8-17(9-12(18)21-2)22(19,20)11-6-4-10(5-7-11)13(14,15)16/h4-7H,3,8-9H2,1-2H3. The maximum Gasteiger partial charge on any atom is 0.416 e. The number of carbonyl (C=O) groups excluding carboxylic acids is 1. The molecule has 0 saturated heterocycles. The van der Waals surface area contributed by atoms with Gasteiger partial charge in [0.15, 0.2) is 0 Å². The minimum absolute atomic E-state index is 0.0540. The van der Waals surface area contributed by atoms with E-state index in [9.17, 15) is 26.4 Å². The minimum atomic E-state index is -4.54. The zero-order valence-corrected chi connectivity index (χ0v) is 12.9. The van der Waals surface area contributed by atoms with Gasteiger partial charge in [-0.3, -0.25) is 4.79 Å². The molecule has 0 fully saturated rings. The first-order valence-electron chi connectivity index (χ1n) is 6.37. The summed E-state index contributed by atoms with van der Waals surface area (Å²) in [4.78, 5) is 11.0. The van der Waals surface area contributed by atoms with Crippen LogP contribution in [0.4, 0.5) is 13.2 Å². The van der Waals surface area contributed by atoms with Gasteiger partial charge in [0, 0.05) is 6.54 Å². The predicted molar refractivity (Wildman–Crippen MR) is 72.5 cm³/mol. The molecule has 0 radical (unpaired) electrons. The Morgan fingerprint density at radius 2 is 1.77 bits per heavy atom. The highest BCUT2D eigenvalue weighted by molar-refractivity contribution is 7.89. The summed E-state index contributed by atoms with van der Waals surface area (Å²) in [7, 11) is -2.94. The Morgan fingerprint density at radius 3 is 2.18 bits per heavy atom. The van der Waals surface area contributed by atoms with Gasteiger partial charge in [-0.1, -0.05) is 6.92 Å². The lowest BCUT2D eigenvalue weighted by molar-refractivity contribution is -0.141. The zero-order valence-electron chi connectivity index (χ0n) is 12.1. The van der Waals surface area contributed by atoms with Crippen LogP contribution in [0.15, 0.2) is 29.2 Å². The number of benzene rings is 1. The van der Waals surface area contributed by atoms with Crippen molar-refractivity contribution in [3.05, 3.63) is 29.8 Å². The second kappa shape index (κ2) is 7.10. The molecule has 1 rings (SSSR count). The number of alkyl halides is 3. The Bertz CT molecular complexity index is 611. The highest BCUT2D eigenvalue weighted by Crippen LogP contribution is 2.30. The van der Waals surface area contributed by atoms with E-state index < -0.39 is 34.3 Å². The molecule has 22 heavy (non-hydrogen) atoms. The van der Waals surface area contributed by atoms with Gasteiger partial charge in [-0.25, -0.2) is 8.42 Å². The number of ether oxygens (including phenoxy) is 1. The first kappa shape index (κ1) is 18.4. The summed E-state index contributed by atoms with van der Waals surface area (Å²) in [5.74, 6) is -0.746. The minimum Gasteiger partial charge on any atom is -0.468 e. The predicted octanol–water partition coefficient (Wildman–Crippen LogP) is 2.28. The number of hydrogen-bond acceptors (Lipinski definition) is 4. The van der Waals surface area contributed by atoms with Crippen LogP contribution in [0.5, 0.6) is 0 Å². The van der Waals surface area contributed by atoms with Crippen molar-refractivity contribution in [2.75, 3.05) is 20.2 Å². The Balaban J connectivity index is 3.11. The average molecular weight is 339 g/mol. The SMILES string of the molecule is CCCN(CC(=O)OC)S(=O)(=O)c1ccc(C(F)(F)F)cc1. The molecule has 124 valence electrons. The van der Waals surface area contributed by atoms with Crippen molar-refractivity contribution in [1.29, 1.82) is 0 Å². The topological polar surface area (TPSA) is 63.7 Å². The fourth-order valence-corrected chi connectivity index (χ4v) is 3.18. The van der Waals surface area contributed by atoms with Crippen molar-refractivity contribution < 1.29 is 31.1 Å². The largest absolute Gasteiger partial charge is 0.468 e. The van der Waals surface area contributed by atoms with Crippen LogP contribution in [0.2, 0.25) is 0 Å². The molecule has 1 aromatic rings. The summed E-state index contributed by atoms with van der Waals surface area (Å²) < 4.78 is 67.5. The Morgan fingerprint density at radius 1 is 1.23 bits per heavy atom. The number of halogens is 3. The molecule has 0 aliphatic rings. The van der Waals surface area contributed by atoms with Crippen molar-refractivity contribution in [3.63, 3.8) is 0 Å².